The lowest BCUT2D eigenvalue weighted by molar-refractivity contribution is -0.324. The summed E-state index contributed by atoms with van der Waals surface area (Å²) in [5, 5.41) is 8.00. The first-order chi connectivity index (χ1) is 15.9. The van der Waals surface area contributed by atoms with Crippen molar-refractivity contribution in [3.05, 3.63) is 5.82 Å². The molecule has 0 saturated carbocycles. The molecule has 1 fully saturated rings. The summed E-state index contributed by atoms with van der Waals surface area (Å²) in [6.45, 7) is 4.36. The minimum atomic E-state index is -2.16. The van der Waals surface area contributed by atoms with Crippen LogP contribution in [0, 0.1) is 5.82 Å². The number of aromatic nitrogens is 2. The number of carbonyl (C=O) groups is 4. The van der Waals surface area contributed by atoms with E-state index in [4.69, 9.17) is 23.7 Å². The van der Waals surface area contributed by atoms with Gasteiger partial charge in [-0.15, -0.1) is 33.7 Å². The Morgan fingerprint density at radius 2 is 1.44 bits per heavy atom. The smallest absolute Gasteiger partial charge is 0.306 e. The summed E-state index contributed by atoms with van der Waals surface area (Å²) in [5.74, 6) is -6.10. The SMILES string of the molecule is CSc1nnc(SC)c(SC2OC(OC(C)=O)C(OC(C)=O)CC2(OC(C)=O)OC(C)=O)c1F. The largest absolute Gasteiger partial charge is 0.456 e. The molecule has 188 valence electrons. The van der Waals surface area contributed by atoms with Crippen LogP contribution in [0.1, 0.15) is 34.1 Å². The molecular formula is C19H23FN2O9S3. The summed E-state index contributed by atoms with van der Waals surface area (Å²) >= 11 is 2.81. The highest BCUT2D eigenvalue weighted by atomic mass is 32.2. The molecule has 0 spiro atoms. The normalized spacial score (nSPS) is 21.3. The lowest BCUT2D eigenvalue weighted by Gasteiger charge is -2.45. The van der Waals surface area contributed by atoms with Crippen molar-refractivity contribution in [2.75, 3.05) is 12.5 Å². The fourth-order valence-electron chi connectivity index (χ4n) is 3.01. The van der Waals surface area contributed by atoms with Crippen molar-refractivity contribution in [2.24, 2.45) is 0 Å². The summed E-state index contributed by atoms with van der Waals surface area (Å²) < 4.78 is 42.1. The minimum Gasteiger partial charge on any atom is -0.456 e. The van der Waals surface area contributed by atoms with Gasteiger partial charge in [0.05, 0.1) is 11.3 Å². The van der Waals surface area contributed by atoms with Crippen molar-refractivity contribution in [3.63, 3.8) is 0 Å². The third kappa shape index (κ3) is 6.96. The molecule has 1 aliphatic rings. The second-order valence-electron chi connectivity index (χ2n) is 6.78. The Kier molecular flexibility index (Phi) is 9.96. The molecule has 0 aliphatic carbocycles. The highest BCUT2D eigenvalue weighted by molar-refractivity contribution is 8.02. The number of ether oxygens (including phenoxy) is 5. The fraction of sp³-hybridized carbons (Fsp3) is 0.579. The van der Waals surface area contributed by atoms with Gasteiger partial charge < -0.3 is 23.7 Å². The van der Waals surface area contributed by atoms with Crippen LogP contribution in [0.2, 0.25) is 0 Å². The lowest BCUT2D eigenvalue weighted by atomic mass is 10.0. The number of rotatable bonds is 8. The van der Waals surface area contributed by atoms with Crippen molar-refractivity contribution >= 4 is 59.2 Å². The van der Waals surface area contributed by atoms with Crippen LogP contribution >= 0.6 is 35.3 Å². The van der Waals surface area contributed by atoms with Crippen molar-refractivity contribution < 1.29 is 47.3 Å². The number of carbonyl (C=O) groups excluding carboxylic acids is 4. The first-order valence-electron chi connectivity index (χ1n) is 9.62. The topological polar surface area (TPSA) is 140 Å². The van der Waals surface area contributed by atoms with Gasteiger partial charge in [-0.2, -0.15) is 0 Å². The average Bonchev–Trinajstić information content (AvgIpc) is 2.70. The molecule has 0 radical (unpaired) electrons. The maximum absolute atomic E-state index is 15.2. The molecule has 2 heterocycles. The summed E-state index contributed by atoms with van der Waals surface area (Å²) in [4.78, 5) is 47.3. The van der Waals surface area contributed by atoms with E-state index in [9.17, 15) is 19.2 Å². The molecule has 1 saturated heterocycles. The number of esters is 4. The van der Waals surface area contributed by atoms with Gasteiger partial charge in [0.25, 0.3) is 5.79 Å². The van der Waals surface area contributed by atoms with Gasteiger partial charge in [0.1, 0.15) is 5.03 Å². The molecule has 1 aliphatic heterocycles. The Morgan fingerprint density at radius 1 is 0.912 bits per heavy atom. The van der Waals surface area contributed by atoms with E-state index in [0.717, 1.165) is 51.2 Å². The van der Waals surface area contributed by atoms with Crippen molar-refractivity contribution in [1.29, 1.82) is 0 Å². The zero-order valence-corrected chi connectivity index (χ0v) is 21.6. The second kappa shape index (κ2) is 12.0. The Morgan fingerprint density at radius 3 is 1.91 bits per heavy atom. The van der Waals surface area contributed by atoms with Crippen LogP contribution in [0.25, 0.3) is 0 Å². The van der Waals surface area contributed by atoms with Gasteiger partial charge in [-0.25, -0.2) is 4.39 Å². The zero-order valence-electron chi connectivity index (χ0n) is 19.1. The van der Waals surface area contributed by atoms with Gasteiger partial charge >= 0.3 is 23.9 Å². The minimum absolute atomic E-state index is 0.00370. The van der Waals surface area contributed by atoms with Crippen LogP contribution in [0.5, 0.6) is 0 Å². The number of thioether (sulfide) groups is 3. The third-order valence-corrected chi connectivity index (χ3v) is 6.80. The molecule has 1 aromatic rings. The van der Waals surface area contributed by atoms with Crippen LogP contribution in [0.3, 0.4) is 0 Å². The molecule has 1 aromatic heterocycles. The van der Waals surface area contributed by atoms with Crippen LogP contribution in [-0.2, 0) is 42.9 Å². The first-order valence-corrected chi connectivity index (χ1v) is 12.9. The zero-order chi connectivity index (χ0) is 25.6. The highest BCUT2D eigenvalue weighted by Gasteiger charge is 2.58. The predicted octanol–water partition coefficient (Wildman–Crippen LogP) is 2.54. The summed E-state index contributed by atoms with van der Waals surface area (Å²) in [7, 11) is 0. The summed E-state index contributed by atoms with van der Waals surface area (Å²) in [6, 6.07) is 0. The number of hydrogen-bond donors (Lipinski definition) is 0. The van der Waals surface area contributed by atoms with Gasteiger partial charge in [0, 0.05) is 27.7 Å². The summed E-state index contributed by atoms with van der Waals surface area (Å²) in [5.41, 5.74) is -1.45. The molecular weight excluding hydrogens is 515 g/mol. The van der Waals surface area contributed by atoms with Crippen LogP contribution in [0.4, 0.5) is 4.39 Å². The van der Waals surface area contributed by atoms with Crippen LogP contribution in [-0.4, -0.2) is 70.2 Å². The van der Waals surface area contributed by atoms with E-state index in [2.05, 4.69) is 10.2 Å². The molecule has 15 heteroatoms. The summed E-state index contributed by atoms with van der Waals surface area (Å²) in [6.07, 6.45) is 0.0382. The molecule has 0 N–H and O–H groups in total. The Bertz CT molecular complexity index is 949. The molecule has 2 rings (SSSR count). The van der Waals surface area contributed by atoms with Crippen molar-refractivity contribution in [2.45, 2.75) is 72.7 Å². The molecule has 0 amide bonds. The maximum Gasteiger partial charge on any atom is 0.306 e. The van der Waals surface area contributed by atoms with E-state index in [1.807, 2.05) is 0 Å². The molecule has 34 heavy (non-hydrogen) atoms. The number of halogens is 1. The maximum atomic E-state index is 15.2. The van der Waals surface area contributed by atoms with Gasteiger partial charge in [-0.3, -0.25) is 19.2 Å². The number of nitrogens with zero attached hydrogens (tertiary/aromatic N) is 2. The molecule has 0 bridgehead atoms. The average molecular weight is 539 g/mol. The van der Waals surface area contributed by atoms with Crippen LogP contribution in [0.15, 0.2) is 14.9 Å². The molecule has 3 unspecified atom stereocenters. The third-order valence-electron chi connectivity index (χ3n) is 4.06. The van der Waals surface area contributed by atoms with Gasteiger partial charge in [-0.05, 0) is 12.5 Å². The molecule has 3 atom stereocenters. The van der Waals surface area contributed by atoms with Gasteiger partial charge in [0.15, 0.2) is 22.4 Å². The first kappa shape index (κ1) is 28.1. The Balaban J connectivity index is 2.63. The Hall–Kier alpha value is -2.10. The predicted molar refractivity (Wildman–Crippen MR) is 118 cm³/mol. The number of hydrogen-bond acceptors (Lipinski definition) is 14. The monoisotopic (exact) mass is 538 g/mol. The van der Waals surface area contributed by atoms with E-state index in [0.29, 0.717) is 11.8 Å². The lowest BCUT2D eigenvalue weighted by Crippen LogP contribution is -2.60. The molecule has 0 aromatic carbocycles. The second-order valence-corrected chi connectivity index (χ2v) is 9.44. The Labute approximate surface area is 207 Å². The van der Waals surface area contributed by atoms with E-state index in [1.165, 1.54) is 0 Å². The van der Waals surface area contributed by atoms with E-state index < -0.39 is 59.7 Å². The van der Waals surface area contributed by atoms with Crippen molar-refractivity contribution in [1.82, 2.24) is 10.2 Å². The van der Waals surface area contributed by atoms with Gasteiger partial charge in [0.2, 0.25) is 6.29 Å². The standard InChI is InChI=1S/C19H23FN2O9S3/c1-8(23)27-12-7-19(30-10(3)25,31-11(4)26)18(29-17(12)28-9(2)24)34-14-13(20)15(32-5)21-22-16(14)33-6/h12,17-18H,7H2,1-6H3. The van der Waals surface area contributed by atoms with Crippen molar-refractivity contribution in [3.8, 4) is 0 Å². The van der Waals surface area contributed by atoms with E-state index in [1.54, 1.807) is 12.5 Å². The highest BCUT2D eigenvalue weighted by Crippen LogP contribution is 2.46. The van der Waals surface area contributed by atoms with Gasteiger partial charge in [-0.1, -0.05) is 11.8 Å². The quantitative estimate of drug-likeness (QED) is 0.207. The fourth-order valence-corrected chi connectivity index (χ4v) is 5.37. The van der Waals surface area contributed by atoms with E-state index >= 15 is 4.39 Å². The molecule has 11 nitrogen and oxygen atoms in total. The van der Waals surface area contributed by atoms with E-state index in [-0.39, 0.29) is 14.9 Å². The van der Waals surface area contributed by atoms with Crippen LogP contribution < -0.4 is 0 Å².